The minimum atomic E-state index is -0.759. The smallest absolute Gasteiger partial charge is 0.251 e. The van der Waals surface area contributed by atoms with Gasteiger partial charge < -0.3 is 5.32 Å². The number of hydrogen-bond donors (Lipinski definition) is 1. The van der Waals surface area contributed by atoms with Crippen LogP contribution in [0.15, 0.2) is 60.7 Å². The predicted molar refractivity (Wildman–Crippen MR) is 95.4 cm³/mol. The summed E-state index contributed by atoms with van der Waals surface area (Å²) in [5.74, 6) is -2.00. The number of amides is 1. The van der Waals surface area contributed by atoms with E-state index in [1.165, 1.54) is 14.0 Å². The standard InChI is InChI=1S/C21H17F2NO/c1-13-17(21(25)24-2)12-18(22)19(20(13)23)16-11-7-6-10-15(16)14-8-4-3-5-9-14/h3-12H,1-2H3,(H,24,25). The van der Waals surface area contributed by atoms with Gasteiger partial charge in [0.05, 0.1) is 5.56 Å². The fourth-order valence-electron chi connectivity index (χ4n) is 2.91. The predicted octanol–water partition coefficient (Wildman–Crippen LogP) is 4.97. The van der Waals surface area contributed by atoms with Crippen LogP contribution in [-0.2, 0) is 0 Å². The molecule has 3 aromatic carbocycles. The fourth-order valence-corrected chi connectivity index (χ4v) is 2.91. The van der Waals surface area contributed by atoms with Crippen LogP contribution >= 0.6 is 0 Å². The molecule has 0 aliphatic rings. The summed E-state index contributed by atoms with van der Waals surface area (Å²) in [5.41, 5.74) is 2.05. The van der Waals surface area contributed by atoms with Gasteiger partial charge in [-0.25, -0.2) is 8.78 Å². The van der Waals surface area contributed by atoms with Crippen LogP contribution in [0.3, 0.4) is 0 Å². The molecule has 25 heavy (non-hydrogen) atoms. The molecule has 4 heteroatoms. The molecule has 0 spiro atoms. The molecule has 0 heterocycles. The molecule has 3 aromatic rings. The third-order valence-corrected chi connectivity index (χ3v) is 4.22. The lowest BCUT2D eigenvalue weighted by Crippen LogP contribution is -2.20. The number of nitrogens with one attached hydrogen (secondary N) is 1. The second-order valence-electron chi connectivity index (χ2n) is 5.71. The Morgan fingerprint density at radius 3 is 2.16 bits per heavy atom. The molecule has 126 valence electrons. The second kappa shape index (κ2) is 6.85. The number of rotatable bonds is 3. The molecule has 0 saturated carbocycles. The van der Waals surface area contributed by atoms with Crippen LogP contribution in [0.4, 0.5) is 8.78 Å². The molecule has 0 aliphatic heterocycles. The van der Waals surface area contributed by atoms with E-state index in [0.29, 0.717) is 5.56 Å². The Kier molecular flexibility index (Phi) is 4.61. The van der Waals surface area contributed by atoms with Crippen molar-refractivity contribution in [2.45, 2.75) is 6.92 Å². The van der Waals surface area contributed by atoms with E-state index >= 15 is 0 Å². The van der Waals surface area contributed by atoms with Crippen molar-refractivity contribution in [3.63, 3.8) is 0 Å². The summed E-state index contributed by atoms with van der Waals surface area (Å²) in [5, 5.41) is 2.40. The van der Waals surface area contributed by atoms with E-state index in [-0.39, 0.29) is 16.7 Å². The van der Waals surface area contributed by atoms with Gasteiger partial charge in [0.1, 0.15) is 11.6 Å². The SMILES string of the molecule is CNC(=O)c1cc(F)c(-c2ccccc2-c2ccccc2)c(F)c1C. The lowest BCUT2D eigenvalue weighted by Gasteiger charge is -2.15. The summed E-state index contributed by atoms with van der Waals surface area (Å²) in [6.07, 6.45) is 0. The summed E-state index contributed by atoms with van der Waals surface area (Å²) < 4.78 is 29.7. The number of carbonyl (C=O) groups is 1. The summed E-state index contributed by atoms with van der Waals surface area (Å²) in [6.45, 7) is 1.48. The average molecular weight is 337 g/mol. The molecule has 0 unspecified atom stereocenters. The van der Waals surface area contributed by atoms with E-state index in [0.717, 1.165) is 17.2 Å². The molecule has 2 nitrogen and oxygen atoms in total. The first-order chi connectivity index (χ1) is 12.0. The monoisotopic (exact) mass is 337 g/mol. The zero-order valence-corrected chi connectivity index (χ0v) is 13.9. The Morgan fingerprint density at radius 2 is 1.52 bits per heavy atom. The Bertz CT molecular complexity index is 936. The van der Waals surface area contributed by atoms with Gasteiger partial charge >= 0.3 is 0 Å². The molecule has 0 atom stereocenters. The van der Waals surface area contributed by atoms with Crippen molar-refractivity contribution in [2.75, 3.05) is 7.05 Å². The maximum atomic E-state index is 15.0. The van der Waals surface area contributed by atoms with Crippen LogP contribution < -0.4 is 5.32 Å². The third kappa shape index (κ3) is 3.03. The van der Waals surface area contributed by atoms with Crippen molar-refractivity contribution < 1.29 is 13.6 Å². The zero-order chi connectivity index (χ0) is 18.0. The number of halogens is 2. The van der Waals surface area contributed by atoms with Gasteiger partial charge in [0.2, 0.25) is 0 Å². The van der Waals surface area contributed by atoms with Crippen molar-refractivity contribution >= 4 is 5.91 Å². The summed E-state index contributed by atoms with van der Waals surface area (Å²) in [7, 11) is 1.43. The molecule has 0 aliphatic carbocycles. The van der Waals surface area contributed by atoms with Crippen molar-refractivity contribution in [3.05, 3.63) is 83.4 Å². The summed E-state index contributed by atoms with van der Waals surface area (Å²) >= 11 is 0. The van der Waals surface area contributed by atoms with Crippen LogP contribution in [0, 0.1) is 18.6 Å². The average Bonchev–Trinajstić information content (AvgIpc) is 2.65. The van der Waals surface area contributed by atoms with Gasteiger partial charge in [0.25, 0.3) is 5.91 Å². The Hall–Kier alpha value is -3.01. The maximum Gasteiger partial charge on any atom is 0.251 e. The lowest BCUT2D eigenvalue weighted by atomic mass is 9.91. The fraction of sp³-hybridized carbons (Fsp3) is 0.0952. The largest absolute Gasteiger partial charge is 0.355 e. The van der Waals surface area contributed by atoms with Crippen LogP contribution in [0.25, 0.3) is 22.3 Å². The Balaban J connectivity index is 2.26. The highest BCUT2D eigenvalue weighted by Gasteiger charge is 2.22. The number of carbonyl (C=O) groups excluding carboxylic acids is 1. The van der Waals surface area contributed by atoms with E-state index in [4.69, 9.17) is 0 Å². The highest BCUT2D eigenvalue weighted by Crippen LogP contribution is 2.36. The normalized spacial score (nSPS) is 10.6. The molecule has 1 N–H and O–H groups in total. The highest BCUT2D eigenvalue weighted by molar-refractivity contribution is 5.96. The molecular formula is C21H17F2NO. The van der Waals surface area contributed by atoms with Gasteiger partial charge in [0, 0.05) is 12.6 Å². The summed E-state index contributed by atoms with van der Waals surface area (Å²) in [6, 6.07) is 17.6. The van der Waals surface area contributed by atoms with E-state index in [1.807, 2.05) is 42.5 Å². The van der Waals surface area contributed by atoms with Gasteiger partial charge in [-0.05, 0) is 35.2 Å². The van der Waals surface area contributed by atoms with Crippen molar-refractivity contribution in [1.82, 2.24) is 5.32 Å². The second-order valence-corrected chi connectivity index (χ2v) is 5.71. The molecule has 0 bridgehead atoms. The third-order valence-electron chi connectivity index (χ3n) is 4.22. The first-order valence-electron chi connectivity index (χ1n) is 7.90. The molecular weight excluding hydrogens is 320 g/mol. The molecule has 0 radical (unpaired) electrons. The Morgan fingerprint density at radius 1 is 0.920 bits per heavy atom. The van der Waals surface area contributed by atoms with Crippen molar-refractivity contribution in [3.8, 4) is 22.3 Å². The van der Waals surface area contributed by atoms with E-state index < -0.39 is 17.5 Å². The minimum Gasteiger partial charge on any atom is -0.355 e. The molecule has 0 saturated heterocycles. The van der Waals surface area contributed by atoms with Crippen LogP contribution in [-0.4, -0.2) is 13.0 Å². The van der Waals surface area contributed by atoms with Gasteiger partial charge in [-0.15, -0.1) is 0 Å². The van der Waals surface area contributed by atoms with Gasteiger partial charge in [-0.1, -0.05) is 54.6 Å². The van der Waals surface area contributed by atoms with Gasteiger partial charge in [-0.3, -0.25) is 4.79 Å². The molecule has 3 rings (SSSR count). The Labute approximate surface area is 145 Å². The van der Waals surface area contributed by atoms with Gasteiger partial charge in [-0.2, -0.15) is 0 Å². The number of benzene rings is 3. The quantitative estimate of drug-likeness (QED) is 0.718. The van der Waals surface area contributed by atoms with E-state index in [2.05, 4.69) is 5.32 Å². The molecule has 0 fully saturated rings. The number of hydrogen-bond acceptors (Lipinski definition) is 1. The first kappa shape index (κ1) is 16.8. The zero-order valence-electron chi connectivity index (χ0n) is 13.9. The van der Waals surface area contributed by atoms with Gasteiger partial charge in [0.15, 0.2) is 0 Å². The maximum absolute atomic E-state index is 15.0. The van der Waals surface area contributed by atoms with Crippen LogP contribution in [0.2, 0.25) is 0 Å². The molecule has 1 amide bonds. The first-order valence-corrected chi connectivity index (χ1v) is 7.90. The lowest BCUT2D eigenvalue weighted by molar-refractivity contribution is 0.0961. The molecule has 0 aromatic heterocycles. The van der Waals surface area contributed by atoms with Crippen molar-refractivity contribution in [1.29, 1.82) is 0 Å². The topological polar surface area (TPSA) is 29.1 Å². The van der Waals surface area contributed by atoms with Crippen LogP contribution in [0.5, 0.6) is 0 Å². The minimum absolute atomic E-state index is 0.00144. The van der Waals surface area contributed by atoms with Crippen LogP contribution in [0.1, 0.15) is 15.9 Å². The van der Waals surface area contributed by atoms with E-state index in [1.54, 1.807) is 12.1 Å². The van der Waals surface area contributed by atoms with E-state index in [9.17, 15) is 13.6 Å². The summed E-state index contributed by atoms with van der Waals surface area (Å²) in [4.78, 5) is 11.8. The van der Waals surface area contributed by atoms with Crippen molar-refractivity contribution in [2.24, 2.45) is 0 Å². The highest BCUT2D eigenvalue weighted by atomic mass is 19.1.